The van der Waals surface area contributed by atoms with Gasteiger partial charge in [0.2, 0.25) is 12.3 Å². The highest BCUT2D eigenvalue weighted by Crippen LogP contribution is 2.34. The lowest BCUT2D eigenvalue weighted by Gasteiger charge is -2.54. The van der Waals surface area contributed by atoms with Crippen LogP contribution in [0.2, 0.25) is 0 Å². The van der Waals surface area contributed by atoms with Crippen molar-refractivity contribution >= 4 is 18.6 Å². The lowest BCUT2D eigenvalue weighted by atomic mass is 9.89. The fraction of sp³-hybridized carbons (Fsp3) is 0.633. The molecule has 3 aliphatic rings. The van der Waals surface area contributed by atoms with E-state index in [-0.39, 0.29) is 30.5 Å². The molecule has 38 heavy (non-hydrogen) atoms. The van der Waals surface area contributed by atoms with Crippen molar-refractivity contribution in [3.05, 3.63) is 48.6 Å². The standard InChI is InChI=1S/C30H44N4O4/c1-3-27-29(34(23-36)28(14-19-38-2)24-10-6-4-7-11-24)21-33(27)26(22-35)20-30(37)32-17-15-31(16-18-32)25-12-8-5-9-13-25/h3-4,6-7,10-11,22-23,25-29H,1,5,8-9,12-21H2,2H3/t26-,27?,28+,29?/m0/s1. The zero-order valence-corrected chi connectivity index (χ0v) is 22.8. The number of nitrogens with zero attached hydrogens (tertiary/aromatic N) is 4. The molecule has 1 aromatic rings. The largest absolute Gasteiger partial charge is 0.385 e. The first-order valence-electron chi connectivity index (χ1n) is 14.2. The number of ether oxygens (including phenoxy) is 1. The first-order valence-corrected chi connectivity index (χ1v) is 14.2. The van der Waals surface area contributed by atoms with Crippen molar-refractivity contribution in [3.63, 3.8) is 0 Å². The van der Waals surface area contributed by atoms with E-state index in [2.05, 4.69) is 11.5 Å². The Labute approximate surface area is 227 Å². The molecule has 1 aromatic carbocycles. The Morgan fingerprint density at radius 1 is 1.11 bits per heavy atom. The summed E-state index contributed by atoms with van der Waals surface area (Å²) in [6.45, 7) is 8.35. The van der Waals surface area contributed by atoms with Crippen LogP contribution in [0, 0.1) is 0 Å². The van der Waals surface area contributed by atoms with Gasteiger partial charge in [-0.25, -0.2) is 0 Å². The van der Waals surface area contributed by atoms with Gasteiger partial charge in [0.05, 0.1) is 24.2 Å². The molecule has 0 spiro atoms. The molecule has 2 unspecified atom stereocenters. The maximum absolute atomic E-state index is 13.2. The third-order valence-electron chi connectivity index (χ3n) is 8.79. The Bertz CT molecular complexity index is 914. The van der Waals surface area contributed by atoms with Gasteiger partial charge in [-0.2, -0.15) is 0 Å². The molecular weight excluding hydrogens is 480 g/mol. The normalized spacial score (nSPS) is 24.7. The lowest BCUT2D eigenvalue weighted by molar-refractivity contribution is -0.142. The van der Waals surface area contributed by atoms with E-state index in [9.17, 15) is 14.4 Å². The summed E-state index contributed by atoms with van der Waals surface area (Å²) in [7, 11) is 1.66. The fourth-order valence-electron chi connectivity index (χ4n) is 6.56. The average molecular weight is 525 g/mol. The second kappa shape index (κ2) is 14.0. The predicted octanol–water partition coefficient (Wildman–Crippen LogP) is 2.90. The first-order chi connectivity index (χ1) is 18.6. The zero-order chi connectivity index (χ0) is 26.9. The number of carbonyl (C=O) groups excluding carboxylic acids is 3. The van der Waals surface area contributed by atoms with Crippen LogP contribution in [0.15, 0.2) is 43.0 Å². The van der Waals surface area contributed by atoms with Gasteiger partial charge in [-0.05, 0) is 24.8 Å². The van der Waals surface area contributed by atoms with Gasteiger partial charge < -0.3 is 19.3 Å². The summed E-state index contributed by atoms with van der Waals surface area (Å²) in [6, 6.07) is 9.64. The van der Waals surface area contributed by atoms with E-state index >= 15 is 0 Å². The van der Waals surface area contributed by atoms with Gasteiger partial charge in [0.1, 0.15) is 6.29 Å². The van der Waals surface area contributed by atoms with Crippen LogP contribution in [0.4, 0.5) is 0 Å². The Morgan fingerprint density at radius 2 is 1.82 bits per heavy atom. The SMILES string of the molecule is C=CC1C(N(C=O)[C@H](CCOC)c2ccccc2)CN1[C@H](C=O)CC(=O)N1CCN(C2CCCCC2)CC1. The maximum Gasteiger partial charge on any atom is 0.224 e. The number of carbonyl (C=O) groups is 3. The Balaban J connectivity index is 1.35. The van der Waals surface area contributed by atoms with Gasteiger partial charge in [-0.1, -0.05) is 55.7 Å². The van der Waals surface area contributed by atoms with E-state index in [0.717, 1.165) is 44.4 Å². The molecule has 4 atom stereocenters. The van der Waals surface area contributed by atoms with Crippen molar-refractivity contribution in [2.45, 2.75) is 75.2 Å². The zero-order valence-electron chi connectivity index (χ0n) is 22.8. The van der Waals surface area contributed by atoms with Gasteiger partial charge in [0.15, 0.2) is 0 Å². The van der Waals surface area contributed by atoms with Crippen molar-refractivity contribution in [3.8, 4) is 0 Å². The minimum atomic E-state index is -0.527. The molecule has 2 saturated heterocycles. The summed E-state index contributed by atoms with van der Waals surface area (Å²) >= 11 is 0. The van der Waals surface area contributed by atoms with Gasteiger partial charge in [-0.3, -0.25) is 19.4 Å². The van der Waals surface area contributed by atoms with Crippen molar-refractivity contribution in [1.29, 1.82) is 0 Å². The molecule has 3 fully saturated rings. The predicted molar refractivity (Wildman–Crippen MR) is 148 cm³/mol. The number of benzene rings is 1. The number of amides is 2. The highest BCUT2D eigenvalue weighted by molar-refractivity contribution is 5.80. The van der Waals surface area contributed by atoms with Crippen LogP contribution in [0.5, 0.6) is 0 Å². The van der Waals surface area contributed by atoms with Crippen LogP contribution in [0.3, 0.4) is 0 Å². The Morgan fingerprint density at radius 3 is 2.42 bits per heavy atom. The van der Waals surface area contributed by atoms with Crippen molar-refractivity contribution in [2.24, 2.45) is 0 Å². The Kier molecular flexibility index (Phi) is 10.5. The summed E-state index contributed by atoms with van der Waals surface area (Å²) in [4.78, 5) is 46.0. The molecule has 0 radical (unpaired) electrons. The van der Waals surface area contributed by atoms with E-state index in [1.54, 1.807) is 13.2 Å². The summed E-state index contributed by atoms with van der Waals surface area (Å²) in [6.07, 6.45) is 10.9. The highest BCUT2D eigenvalue weighted by Gasteiger charge is 2.46. The van der Waals surface area contributed by atoms with Crippen LogP contribution >= 0.6 is 0 Å². The third-order valence-corrected chi connectivity index (χ3v) is 8.79. The molecule has 0 bridgehead atoms. The average Bonchev–Trinajstić information content (AvgIpc) is 2.96. The first kappa shape index (κ1) is 28.5. The van der Waals surface area contributed by atoms with Gasteiger partial charge in [0.25, 0.3) is 0 Å². The van der Waals surface area contributed by atoms with E-state index in [0.29, 0.717) is 25.6 Å². The molecule has 4 rings (SSSR count). The molecule has 2 heterocycles. The maximum atomic E-state index is 13.2. The summed E-state index contributed by atoms with van der Waals surface area (Å²) in [5.41, 5.74) is 1.05. The summed E-state index contributed by atoms with van der Waals surface area (Å²) < 4.78 is 5.33. The van der Waals surface area contributed by atoms with Crippen molar-refractivity contribution < 1.29 is 19.1 Å². The number of hydrogen-bond acceptors (Lipinski definition) is 6. The van der Waals surface area contributed by atoms with Crippen LogP contribution in [0.25, 0.3) is 0 Å². The third kappa shape index (κ3) is 6.53. The highest BCUT2D eigenvalue weighted by atomic mass is 16.5. The molecule has 2 aliphatic heterocycles. The second-order valence-electron chi connectivity index (χ2n) is 10.9. The van der Waals surface area contributed by atoms with E-state index in [1.807, 2.05) is 45.0 Å². The molecule has 2 amide bonds. The van der Waals surface area contributed by atoms with Gasteiger partial charge in [-0.15, -0.1) is 6.58 Å². The monoisotopic (exact) mass is 524 g/mol. The number of rotatable bonds is 13. The number of likely N-dealkylation sites (tertiary alicyclic amines) is 1. The molecular formula is C30H44N4O4. The quantitative estimate of drug-likeness (QED) is 0.292. The topological polar surface area (TPSA) is 73.4 Å². The number of aldehydes is 1. The van der Waals surface area contributed by atoms with Crippen LogP contribution in [0.1, 0.15) is 56.6 Å². The van der Waals surface area contributed by atoms with Gasteiger partial charge in [0, 0.05) is 58.9 Å². The lowest BCUT2D eigenvalue weighted by Crippen LogP contribution is -2.69. The molecule has 0 aromatic heterocycles. The van der Waals surface area contributed by atoms with Gasteiger partial charge >= 0.3 is 0 Å². The van der Waals surface area contributed by atoms with Crippen LogP contribution in [-0.4, -0.2) is 109 Å². The fourth-order valence-corrected chi connectivity index (χ4v) is 6.56. The number of methoxy groups -OCH3 is 1. The van der Waals surface area contributed by atoms with E-state index in [1.165, 1.54) is 32.1 Å². The van der Waals surface area contributed by atoms with Crippen LogP contribution in [-0.2, 0) is 19.1 Å². The van der Waals surface area contributed by atoms with E-state index in [4.69, 9.17) is 4.74 Å². The number of hydrogen-bond donors (Lipinski definition) is 0. The molecule has 1 aliphatic carbocycles. The molecule has 8 nitrogen and oxygen atoms in total. The number of piperazine rings is 1. The summed E-state index contributed by atoms with van der Waals surface area (Å²) in [5.74, 6) is 0.0335. The summed E-state index contributed by atoms with van der Waals surface area (Å²) in [5, 5.41) is 0. The molecule has 1 saturated carbocycles. The van der Waals surface area contributed by atoms with Crippen molar-refractivity contribution in [1.82, 2.24) is 19.6 Å². The Hall–Kier alpha value is -2.55. The molecule has 8 heteroatoms. The molecule has 208 valence electrons. The van der Waals surface area contributed by atoms with Crippen molar-refractivity contribution in [2.75, 3.05) is 46.4 Å². The minimum absolute atomic E-state index is 0.0335. The second-order valence-corrected chi connectivity index (χ2v) is 10.9. The smallest absolute Gasteiger partial charge is 0.224 e. The van der Waals surface area contributed by atoms with Crippen LogP contribution < -0.4 is 0 Å². The minimum Gasteiger partial charge on any atom is -0.385 e. The molecule has 0 N–H and O–H groups in total. The van der Waals surface area contributed by atoms with E-state index < -0.39 is 6.04 Å².